The molecule has 5 nitrogen and oxygen atoms in total. The summed E-state index contributed by atoms with van der Waals surface area (Å²) in [6, 6.07) is 6.63. The van der Waals surface area contributed by atoms with Crippen LogP contribution < -0.4 is 10.2 Å². The fraction of sp³-hybridized carbons (Fsp3) is 0.500. The Morgan fingerprint density at radius 2 is 2.04 bits per heavy atom. The van der Waals surface area contributed by atoms with Gasteiger partial charge in [0.2, 0.25) is 0 Å². The number of carbonyl (C=O) groups is 2. The number of rotatable bonds is 5. The Morgan fingerprint density at radius 3 is 2.67 bits per heavy atom. The van der Waals surface area contributed by atoms with Crippen molar-refractivity contribution < 1.29 is 27.5 Å². The first-order chi connectivity index (χ1) is 11.2. The van der Waals surface area contributed by atoms with Crippen molar-refractivity contribution in [2.24, 2.45) is 0 Å². The van der Waals surface area contributed by atoms with E-state index in [-0.39, 0.29) is 18.8 Å². The molecule has 0 radical (unpaired) electrons. The molecule has 0 saturated carbocycles. The SMILES string of the molecule is COC(=O)CC(CC1CN(C)c2ccccc21)NC(=O)C(F)(F)F. The van der Waals surface area contributed by atoms with E-state index in [1.54, 1.807) is 0 Å². The molecule has 24 heavy (non-hydrogen) atoms. The van der Waals surface area contributed by atoms with E-state index in [2.05, 4.69) is 4.74 Å². The molecule has 8 heteroatoms. The molecule has 0 bridgehead atoms. The molecule has 0 aromatic heterocycles. The largest absolute Gasteiger partial charge is 0.471 e. The van der Waals surface area contributed by atoms with Crippen LogP contribution in [0.15, 0.2) is 24.3 Å². The minimum Gasteiger partial charge on any atom is -0.469 e. The average molecular weight is 344 g/mol. The second-order valence-corrected chi connectivity index (χ2v) is 5.82. The summed E-state index contributed by atoms with van der Waals surface area (Å²) in [6.45, 7) is 0.610. The van der Waals surface area contributed by atoms with Gasteiger partial charge in [0.1, 0.15) is 0 Å². The number of carbonyl (C=O) groups excluding carboxylic acids is 2. The monoisotopic (exact) mass is 344 g/mol. The van der Waals surface area contributed by atoms with Crippen molar-refractivity contribution in [2.45, 2.75) is 31.0 Å². The Kier molecular flexibility index (Phi) is 5.36. The molecular formula is C16H19F3N2O3. The summed E-state index contributed by atoms with van der Waals surface area (Å²) in [5, 5.41) is 1.91. The normalized spacial score (nSPS) is 18.0. The maximum absolute atomic E-state index is 12.5. The Bertz CT molecular complexity index is 619. The number of hydrogen-bond acceptors (Lipinski definition) is 4. The number of methoxy groups -OCH3 is 1. The number of amides is 1. The molecule has 132 valence electrons. The smallest absolute Gasteiger partial charge is 0.469 e. The number of fused-ring (bicyclic) bond motifs is 1. The molecule has 0 fully saturated rings. The van der Waals surface area contributed by atoms with Crippen LogP contribution in [-0.2, 0) is 14.3 Å². The predicted octanol–water partition coefficient (Wildman–Crippen LogP) is 2.22. The van der Waals surface area contributed by atoms with E-state index in [1.807, 2.05) is 41.5 Å². The zero-order valence-electron chi connectivity index (χ0n) is 13.4. The number of ether oxygens (including phenoxy) is 1. The highest BCUT2D eigenvalue weighted by atomic mass is 19.4. The van der Waals surface area contributed by atoms with E-state index in [0.717, 1.165) is 18.4 Å². The molecule has 1 aliphatic rings. The van der Waals surface area contributed by atoms with Gasteiger partial charge in [0, 0.05) is 31.2 Å². The van der Waals surface area contributed by atoms with Crippen LogP contribution in [0.1, 0.15) is 24.3 Å². The third-order valence-electron chi connectivity index (χ3n) is 4.08. The molecule has 0 spiro atoms. The first kappa shape index (κ1) is 18.1. The van der Waals surface area contributed by atoms with Crippen LogP contribution in [0.25, 0.3) is 0 Å². The van der Waals surface area contributed by atoms with Gasteiger partial charge in [-0.1, -0.05) is 18.2 Å². The lowest BCUT2D eigenvalue weighted by Crippen LogP contribution is -2.45. The van der Waals surface area contributed by atoms with Crippen molar-refractivity contribution in [1.29, 1.82) is 0 Å². The number of benzene rings is 1. The molecule has 1 N–H and O–H groups in total. The summed E-state index contributed by atoms with van der Waals surface area (Å²) >= 11 is 0. The van der Waals surface area contributed by atoms with Crippen molar-refractivity contribution in [2.75, 3.05) is 25.6 Å². The summed E-state index contributed by atoms with van der Waals surface area (Å²) in [5.74, 6) is -2.78. The molecule has 0 aliphatic carbocycles. The third-order valence-corrected chi connectivity index (χ3v) is 4.08. The number of nitrogens with one attached hydrogen (secondary N) is 1. The highest BCUT2D eigenvalue weighted by Crippen LogP contribution is 2.37. The average Bonchev–Trinajstić information content (AvgIpc) is 2.83. The predicted molar refractivity (Wildman–Crippen MR) is 81.7 cm³/mol. The quantitative estimate of drug-likeness (QED) is 0.832. The van der Waals surface area contributed by atoms with Gasteiger partial charge < -0.3 is 15.0 Å². The summed E-state index contributed by atoms with van der Waals surface area (Å²) in [4.78, 5) is 24.7. The molecule has 1 aromatic carbocycles. The zero-order valence-corrected chi connectivity index (χ0v) is 13.4. The number of hydrogen-bond donors (Lipinski definition) is 1. The highest BCUT2D eigenvalue weighted by molar-refractivity contribution is 5.82. The maximum atomic E-state index is 12.5. The lowest BCUT2D eigenvalue weighted by Gasteiger charge is -2.22. The van der Waals surface area contributed by atoms with E-state index >= 15 is 0 Å². The molecule has 1 aliphatic heterocycles. The number of likely N-dealkylation sites (N-methyl/N-ethyl adjacent to an activating group) is 1. The first-order valence-electron chi connectivity index (χ1n) is 7.47. The van der Waals surface area contributed by atoms with Crippen molar-refractivity contribution in [3.63, 3.8) is 0 Å². The summed E-state index contributed by atoms with van der Waals surface area (Å²) in [7, 11) is 3.05. The minimum atomic E-state index is -4.99. The fourth-order valence-electron chi connectivity index (χ4n) is 3.00. The van der Waals surface area contributed by atoms with Crippen molar-refractivity contribution >= 4 is 17.6 Å². The Balaban J connectivity index is 2.14. The van der Waals surface area contributed by atoms with Crippen molar-refractivity contribution in [1.82, 2.24) is 5.32 Å². The first-order valence-corrected chi connectivity index (χ1v) is 7.47. The van der Waals surface area contributed by atoms with E-state index in [1.165, 1.54) is 0 Å². The number of para-hydroxylation sites is 1. The second-order valence-electron chi connectivity index (χ2n) is 5.82. The van der Waals surface area contributed by atoms with Gasteiger partial charge in [-0.25, -0.2) is 0 Å². The molecule has 1 aromatic rings. The Labute approximate surface area is 137 Å². The molecule has 1 amide bonds. The molecule has 2 unspecified atom stereocenters. The van der Waals surface area contributed by atoms with Gasteiger partial charge in [0.15, 0.2) is 0 Å². The number of nitrogens with zero attached hydrogens (tertiary/aromatic N) is 1. The highest BCUT2D eigenvalue weighted by Gasteiger charge is 2.40. The van der Waals surface area contributed by atoms with E-state index in [4.69, 9.17) is 0 Å². The number of anilines is 1. The standard InChI is InChI=1S/C16H19F3N2O3/c1-21-9-10(12-5-3-4-6-13(12)21)7-11(8-14(22)24-2)20-15(23)16(17,18)19/h3-6,10-11H,7-9H2,1-2H3,(H,20,23). The lowest BCUT2D eigenvalue weighted by molar-refractivity contribution is -0.174. The fourth-order valence-corrected chi connectivity index (χ4v) is 3.00. The minimum absolute atomic E-state index is 0.0746. The van der Waals surface area contributed by atoms with E-state index < -0.39 is 24.1 Å². The summed E-state index contributed by atoms with van der Waals surface area (Å²) in [5.41, 5.74) is 2.00. The van der Waals surface area contributed by atoms with Crippen LogP contribution in [0, 0.1) is 0 Å². The van der Waals surface area contributed by atoms with Gasteiger partial charge >= 0.3 is 18.1 Å². The molecular weight excluding hydrogens is 325 g/mol. The van der Waals surface area contributed by atoms with Gasteiger partial charge in [0.05, 0.1) is 13.5 Å². The van der Waals surface area contributed by atoms with Crippen LogP contribution in [-0.4, -0.2) is 44.8 Å². The zero-order chi connectivity index (χ0) is 17.9. The topological polar surface area (TPSA) is 58.6 Å². The number of alkyl halides is 3. The third kappa shape index (κ3) is 4.18. The van der Waals surface area contributed by atoms with Crippen LogP contribution in [0.4, 0.5) is 18.9 Å². The van der Waals surface area contributed by atoms with E-state index in [9.17, 15) is 22.8 Å². The number of esters is 1. The van der Waals surface area contributed by atoms with Crippen molar-refractivity contribution in [3.05, 3.63) is 29.8 Å². The van der Waals surface area contributed by atoms with Gasteiger partial charge in [-0.15, -0.1) is 0 Å². The van der Waals surface area contributed by atoms with Gasteiger partial charge in [-0.2, -0.15) is 13.2 Å². The lowest BCUT2D eigenvalue weighted by atomic mass is 9.92. The number of halogens is 3. The molecule has 2 rings (SSSR count). The molecule has 1 heterocycles. The van der Waals surface area contributed by atoms with Crippen LogP contribution in [0.2, 0.25) is 0 Å². The second kappa shape index (κ2) is 7.11. The van der Waals surface area contributed by atoms with Gasteiger partial charge in [-0.3, -0.25) is 9.59 Å². The van der Waals surface area contributed by atoms with Crippen LogP contribution in [0.3, 0.4) is 0 Å². The summed E-state index contributed by atoms with van der Waals surface area (Å²) < 4.78 is 42.0. The van der Waals surface area contributed by atoms with Crippen LogP contribution >= 0.6 is 0 Å². The van der Waals surface area contributed by atoms with Gasteiger partial charge in [0.25, 0.3) is 0 Å². The molecule has 2 atom stereocenters. The maximum Gasteiger partial charge on any atom is 0.471 e. The van der Waals surface area contributed by atoms with E-state index in [0.29, 0.717) is 6.54 Å². The Hall–Kier alpha value is -2.25. The Morgan fingerprint density at radius 1 is 1.38 bits per heavy atom. The molecule has 0 saturated heterocycles. The van der Waals surface area contributed by atoms with Crippen molar-refractivity contribution in [3.8, 4) is 0 Å². The van der Waals surface area contributed by atoms with Crippen LogP contribution in [0.5, 0.6) is 0 Å². The summed E-state index contributed by atoms with van der Waals surface area (Å²) in [6.07, 6.45) is -5.07. The van der Waals surface area contributed by atoms with Gasteiger partial charge in [-0.05, 0) is 18.1 Å².